The molecule has 0 radical (unpaired) electrons. The molecule has 1 aromatic carbocycles. The molecule has 1 unspecified atom stereocenters. The number of carboxylic acids is 1. The molecule has 1 heterocycles. The molecule has 1 fully saturated rings. The summed E-state index contributed by atoms with van der Waals surface area (Å²) in [6, 6.07) is 6.04. The summed E-state index contributed by atoms with van der Waals surface area (Å²) >= 11 is 0. The van der Waals surface area contributed by atoms with Gasteiger partial charge in [0.2, 0.25) is 6.43 Å². The number of carbonyl (C=O) groups is 1. The number of rotatable bonds is 4. The Morgan fingerprint density at radius 1 is 1.26 bits per heavy atom. The summed E-state index contributed by atoms with van der Waals surface area (Å²) in [6.07, 6.45) is -1.48. The molecule has 0 spiro atoms. The fraction of sp³-hybridized carbons (Fsp3) is 0.500. The topological polar surface area (TPSA) is 46.5 Å². The van der Waals surface area contributed by atoms with Crippen LogP contribution < -0.4 is 0 Å². The summed E-state index contributed by atoms with van der Waals surface area (Å²) in [5, 5.41) is 9.13. The Morgan fingerprint density at radius 3 is 2.47 bits per heavy atom. The van der Waals surface area contributed by atoms with E-state index in [0.717, 1.165) is 0 Å². The van der Waals surface area contributed by atoms with Crippen molar-refractivity contribution in [1.82, 2.24) is 0 Å². The molecule has 1 saturated heterocycles. The largest absolute Gasteiger partial charge is 0.478 e. The van der Waals surface area contributed by atoms with Crippen LogP contribution in [0.1, 0.15) is 34.7 Å². The SMILES string of the molecule is O=C(O)c1ccccc1C(C(F)F)C1CCOCC1. The van der Waals surface area contributed by atoms with E-state index in [9.17, 15) is 13.6 Å². The van der Waals surface area contributed by atoms with Crippen molar-refractivity contribution in [2.45, 2.75) is 25.2 Å². The van der Waals surface area contributed by atoms with Gasteiger partial charge in [0.15, 0.2) is 0 Å². The van der Waals surface area contributed by atoms with Gasteiger partial charge in [-0.25, -0.2) is 13.6 Å². The monoisotopic (exact) mass is 270 g/mol. The standard InChI is InChI=1S/C14H16F2O3/c15-13(16)12(9-5-7-19-8-6-9)10-3-1-2-4-11(10)14(17)18/h1-4,9,12-13H,5-8H2,(H,17,18). The second kappa shape index (κ2) is 6.10. The van der Waals surface area contributed by atoms with Crippen LogP contribution in [0, 0.1) is 5.92 Å². The quantitative estimate of drug-likeness (QED) is 0.914. The lowest BCUT2D eigenvalue weighted by Crippen LogP contribution is -2.27. The highest BCUT2D eigenvalue weighted by molar-refractivity contribution is 5.89. The fourth-order valence-corrected chi connectivity index (χ4v) is 2.65. The van der Waals surface area contributed by atoms with Gasteiger partial charge in [-0.05, 0) is 30.4 Å². The van der Waals surface area contributed by atoms with Crippen LogP contribution in [0.25, 0.3) is 0 Å². The van der Waals surface area contributed by atoms with E-state index in [1.165, 1.54) is 12.1 Å². The highest BCUT2D eigenvalue weighted by atomic mass is 19.3. The van der Waals surface area contributed by atoms with Crippen molar-refractivity contribution in [3.05, 3.63) is 35.4 Å². The first-order valence-corrected chi connectivity index (χ1v) is 6.29. The van der Waals surface area contributed by atoms with Gasteiger partial charge in [0.25, 0.3) is 0 Å². The average Bonchev–Trinajstić information content (AvgIpc) is 2.40. The number of carboxylic acid groups (broad SMARTS) is 1. The van der Waals surface area contributed by atoms with Crippen LogP contribution in [0.2, 0.25) is 0 Å². The van der Waals surface area contributed by atoms with Crippen LogP contribution >= 0.6 is 0 Å². The van der Waals surface area contributed by atoms with Crippen molar-refractivity contribution in [2.24, 2.45) is 5.92 Å². The lowest BCUT2D eigenvalue weighted by Gasteiger charge is -2.30. The molecule has 5 heteroatoms. The molecule has 0 aromatic heterocycles. The molecule has 0 aliphatic carbocycles. The van der Waals surface area contributed by atoms with Gasteiger partial charge in [0.1, 0.15) is 0 Å². The first-order chi connectivity index (χ1) is 9.11. The maximum atomic E-state index is 13.4. The van der Waals surface area contributed by atoms with Crippen LogP contribution in [0.15, 0.2) is 24.3 Å². The van der Waals surface area contributed by atoms with Crippen molar-refractivity contribution in [1.29, 1.82) is 0 Å². The van der Waals surface area contributed by atoms with Crippen molar-refractivity contribution >= 4 is 5.97 Å². The Bertz CT molecular complexity index is 442. The lowest BCUT2D eigenvalue weighted by atomic mass is 9.80. The smallest absolute Gasteiger partial charge is 0.335 e. The third kappa shape index (κ3) is 3.10. The highest BCUT2D eigenvalue weighted by Crippen LogP contribution is 2.38. The number of aromatic carboxylic acids is 1. The van der Waals surface area contributed by atoms with Gasteiger partial charge in [-0.15, -0.1) is 0 Å². The molecular weight excluding hydrogens is 254 g/mol. The molecule has 1 atom stereocenters. The molecule has 0 bridgehead atoms. The van der Waals surface area contributed by atoms with E-state index >= 15 is 0 Å². The van der Waals surface area contributed by atoms with Crippen LogP contribution in [0.3, 0.4) is 0 Å². The van der Waals surface area contributed by atoms with Gasteiger partial charge >= 0.3 is 5.97 Å². The molecule has 2 rings (SSSR count). The van der Waals surface area contributed by atoms with Crippen molar-refractivity contribution in [2.75, 3.05) is 13.2 Å². The van der Waals surface area contributed by atoms with E-state index < -0.39 is 18.3 Å². The van der Waals surface area contributed by atoms with Crippen molar-refractivity contribution < 1.29 is 23.4 Å². The van der Waals surface area contributed by atoms with Gasteiger partial charge in [0, 0.05) is 19.1 Å². The first-order valence-electron chi connectivity index (χ1n) is 6.29. The van der Waals surface area contributed by atoms with Crippen molar-refractivity contribution in [3.63, 3.8) is 0 Å². The normalized spacial score (nSPS) is 18.5. The van der Waals surface area contributed by atoms with E-state index in [1.807, 2.05) is 0 Å². The molecule has 0 amide bonds. The molecule has 1 aliphatic heterocycles. The van der Waals surface area contributed by atoms with Crippen LogP contribution in [0.5, 0.6) is 0 Å². The number of halogens is 2. The molecule has 1 N–H and O–H groups in total. The first kappa shape index (κ1) is 13.9. The Kier molecular flexibility index (Phi) is 4.47. The maximum absolute atomic E-state index is 13.4. The summed E-state index contributed by atoms with van der Waals surface area (Å²) in [6.45, 7) is 0.923. The number of benzene rings is 1. The lowest BCUT2D eigenvalue weighted by molar-refractivity contribution is 0.0183. The predicted octanol–water partition coefficient (Wildman–Crippen LogP) is 3.16. The Labute approximate surface area is 110 Å². The number of alkyl halides is 2. The predicted molar refractivity (Wildman–Crippen MR) is 65.7 cm³/mol. The number of ether oxygens (including phenoxy) is 1. The summed E-state index contributed by atoms with van der Waals surface area (Å²) in [4.78, 5) is 11.2. The van der Waals surface area contributed by atoms with Crippen LogP contribution in [-0.4, -0.2) is 30.7 Å². The third-order valence-electron chi connectivity index (χ3n) is 3.60. The van der Waals surface area contributed by atoms with Gasteiger partial charge in [-0.1, -0.05) is 18.2 Å². The highest BCUT2D eigenvalue weighted by Gasteiger charge is 2.34. The van der Waals surface area contributed by atoms with Crippen LogP contribution in [0.4, 0.5) is 8.78 Å². The van der Waals surface area contributed by atoms with Crippen molar-refractivity contribution in [3.8, 4) is 0 Å². The third-order valence-corrected chi connectivity index (χ3v) is 3.60. The van der Waals surface area contributed by atoms with E-state index in [-0.39, 0.29) is 17.0 Å². The van der Waals surface area contributed by atoms with E-state index in [1.54, 1.807) is 12.1 Å². The minimum Gasteiger partial charge on any atom is -0.478 e. The van der Waals surface area contributed by atoms with Gasteiger partial charge in [-0.2, -0.15) is 0 Å². The van der Waals surface area contributed by atoms with E-state index in [2.05, 4.69) is 0 Å². The summed E-state index contributed by atoms with van der Waals surface area (Å²) in [7, 11) is 0. The summed E-state index contributed by atoms with van der Waals surface area (Å²) < 4.78 is 31.9. The summed E-state index contributed by atoms with van der Waals surface area (Å²) in [5.41, 5.74) is 0.205. The maximum Gasteiger partial charge on any atom is 0.335 e. The Balaban J connectivity index is 2.35. The summed E-state index contributed by atoms with van der Waals surface area (Å²) in [5.74, 6) is -2.42. The number of hydrogen-bond acceptors (Lipinski definition) is 2. The van der Waals surface area contributed by atoms with E-state index in [0.29, 0.717) is 26.1 Å². The van der Waals surface area contributed by atoms with Gasteiger partial charge in [0.05, 0.1) is 5.56 Å². The molecule has 3 nitrogen and oxygen atoms in total. The number of hydrogen-bond donors (Lipinski definition) is 1. The Morgan fingerprint density at radius 2 is 1.89 bits per heavy atom. The zero-order valence-electron chi connectivity index (χ0n) is 10.4. The van der Waals surface area contributed by atoms with Crippen LogP contribution in [-0.2, 0) is 4.74 Å². The molecule has 104 valence electrons. The van der Waals surface area contributed by atoms with Gasteiger partial charge < -0.3 is 9.84 Å². The molecule has 19 heavy (non-hydrogen) atoms. The average molecular weight is 270 g/mol. The molecule has 1 aromatic rings. The van der Waals surface area contributed by atoms with Gasteiger partial charge in [-0.3, -0.25) is 0 Å². The minimum absolute atomic E-state index is 0.0284. The Hall–Kier alpha value is -1.49. The minimum atomic E-state index is -2.57. The zero-order valence-corrected chi connectivity index (χ0v) is 10.4. The molecular formula is C14H16F2O3. The second-order valence-electron chi connectivity index (χ2n) is 4.70. The molecule has 1 aliphatic rings. The fourth-order valence-electron chi connectivity index (χ4n) is 2.65. The van der Waals surface area contributed by atoms with E-state index in [4.69, 9.17) is 9.84 Å². The second-order valence-corrected chi connectivity index (χ2v) is 4.70. The zero-order chi connectivity index (χ0) is 13.8. The molecule has 0 saturated carbocycles.